The van der Waals surface area contributed by atoms with E-state index in [2.05, 4.69) is 25.0 Å². The quantitative estimate of drug-likeness (QED) is 0.265. The number of ether oxygens (including phenoxy) is 1. The molecule has 2 aromatic carbocycles. The van der Waals surface area contributed by atoms with Crippen molar-refractivity contribution in [2.24, 2.45) is 0 Å². The van der Waals surface area contributed by atoms with Gasteiger partial charge in [-0.25, -0.2) is 0 Å². The second-order valence-electron chi connectivity index (χ2n) is 8.65. The van der Waals surface area contributed by atoms with E-state index in [1.54, 1.807) is 29.5 Å². The van der Waals surface area contributed by atoms with Crippen LogP contribution in [0.1, 0.15) is 22.3 Å². The van der Waals surface area contributed by atoms with Crippen molar-refractivity contribution in [1.82, 2.24) is 0 Å². The minimum Gasteiger partial charge on any atom is -0.469 e. The van der Waals surface area contributed by atoms with Crippen LogP contribution in [0.3, 0.4) is 0 Å². The van der Waals surface area contributed by atoms with Crippen molar-refractivity contribution < 1.29 is 14.3 Å². The molecule has 1 amide bonds. The lowest BCUT2D eigenvalue weighted by molar-refractivity contribution is -0.141. The van der Waals surface area contributed by atoms with E-state index < -0.39 is 8.07 Å². The number of nitrogens with one attached hydrogen (secondary N) is 1. The van der Waals surface area contributed by atoms with Crippen LogP contribution in [0.25, 0.3) is 10.4 Å². The van der Waals surface area contributed by atoms with E-state index in [1.807, 2.05) is 41.8 Å². The Labute approximate surface area is 188 Å². The molecule has 0 fully saturated rings. The van der Waals surface area contributed by atoms with Crippen LogP contribution in [-0.2, 0) is 16.0 Å². The van der Waals surface area contributed by atoms with E-state index in [1.165, 1.54) is 0 Å². The third kappa shape index (κ3) is 6.80. The fourth-order valence-corrected chi connectivity index (χ4v) is 4.21. The molecule has 0 atom stereocenters. The highest BCUT2D eigenvalue weighted by atomic mass is 32.1. The van der Waals surface area contributed by atoms with Gasteiger partial charge in [-0.2, -0.15) is 0 Å². The first kappa shape index (κ1) is 22.8. The Morgan fingerprint density at radius 2 is 1.81 bits per heavy atom. The number of nitrogens with two attached hydrogens (primary N) is 1. The third-order valence-corrected chi connectivity index (χ3v) is 6.54. The van der Waals surface area contributed by atoms with Crippen molar-refractivity contribution in [3.8, 4) is 10.4 Å². The molecule has 0 saturated heterocycles. The summed E-state index contributed by atoms with van der Waals surface area (Å²) in [5, 5.41) is 4.91. The lowest BCUT2D eigenvalue weighted by Crippen LogP contribution is -2.29. The molecule has 1 aromatic heterocycles. The van der Waals surface area contributed by atoms with Crippen molar-refractivity contribution in [2.45, 2.75) is 32.5 Å². The summed E-state index contributed by atoms with van der Waals surface area (Å²) in [7, 11) is -1.40. The number of carbonyl (C=O) groups is 2. The number of benzene rings is 2. The third-order valence-electron chi connectivity index (χ3n) is 4.61. The molecule has 0 spiro atoms. The monoisotopic (exact) mass is 452 g/mol. The maximum absolute atomic E-state index is 12.7. The fourth-order valence-electron chi connectivity index (χ4n) is 2.89. The summed E-state index contributed by atoms with van der Waals surface area (Å²) in [5.74, 6) is -0.401. The van der Waals surface area contributed by atoms with Crippen molar-refractivity contribution in [2.75, 3.05) is 17.3 Å². The van der Waals surface area contributed by atoms with Gasteiger partial charge >= 0.3 is 5.97 Å². The minimum absolute atomic E-state index is 0.176. The van der Waals surface area contributed by atoms with Crippen molar-refractivity contribution in [3.05, 3.63) is 71.1 Å². The van der Waals surface area contributed by atoms with E-state index in [4.69, 9.17) is 10.5 Å². The van der Waals surface area contributed by atoms with Crippen LogP contribution in [0.4, 0.5) is 11.4 Å². The lowest BCUT2D eigenvalue weighted by atomic mass is 10.1. The molecule has 0 radical (unpaired) electrons. The van der Waals surface area contributed by atoms with Crippen LogP contribution < -0.4 is 11.1 Å². The minimum atomic E-state index is -1.40. The van der Waals surface area contributed by atoms with Crippen molar-refractivity contribution in [1.29, 1.82) is 0 Å². The van der Waals surface area contributed by atoms with Crippen LogP contribution in [0.15, 0.2) is 60.0 Å². The number of nitrogen functional groups attached to an aromatic ring is 1. The summed E-state index contributed by atoms with van der Waals surface area (Å²) in [6, 6.07) is 16.9. The normalized spacial score (nSPS) is 11.2. The molecule has 0 unspecified atom stereocenters. The van der Waals surface area contributed by atoms with Gasteiger partial charge in [0, 0.05) is 16.9 Å². The van der Waals surface area contributed by atoms with Gasteiger partial charge in [-0.05, 0) is 53.3 Å². The molecule has 3 aromatic rings. The summed E-state index contributed by atoms with van der Waals surface area (Å²) in [6.07, 6.45) is 1.46. The van der Waals surface area contributed by atoms with Crippen LogP contribution in [0.2, 0.25) is 19.6 Å². The van der Waals surface area contributed by atoms with Crippen LogP contribution in [0, 0.1) is 0 Å². The highest BCUT2D eigenvalue weighted by molar-refractivity contribution is 7.13. The molecule has 0 aliphatic rings. The Morgan fingerprint density at radius 3 is 2.45 bits per heavy atom. The van der Waals surface area contributed by atoms with Crippen LogP contribution in [-0.4, -0.2) is 26.2 Å². The van der Waals surface area contributed by atoms with Gasteiger partial charge in [0.2, 0.25) is 0 Å². The summed E-state index contributed by atoms with van der Waals surface area (Å²) < 4.78 is 5.35. The van der Waals surface area contributed by atoms with E-state index in [0.717, 1.165) is 16.0 Å². The zero-order valence-electron chi connectivity index (χ0n) is 18.1. The SMILES string of the molecule is C[Si](C)(C)COC(=O)CCc1ccc(C(=O)Nc2cc(-c3cccs3)ccc2N)cc1. The molecule has 7 heteroatoms. The molecular weight excluding hydrogens is 424 g/mol. The molecule has 0 saturated carbocycles. The zero-order valence-corrected chi connectivity index (χ0v) is 19.9. The number of rotatable bonds is 8. The topological polar surface area (TPSA) is 81.4 Å². The highest BCUT2D eigenvalue weighted by Gasteiger charge is 2.16. The van der Waals surface area contributed by atoms with Crippen LogP contribution >= 0.6 is 11.3 Å². The molecule has 3 N–H and O–H groups in total. The zero-order chi connectivity index (χ0) is 22.4. The highest BCUT2D eigenvalue weighted by Crippen LogP contribution is 2.30. The molecule has 162 valence electrons. The molecule has 0 aliphatic carbocycles. The summed E-state index contributed by atoms with van der Waals surface area (Å²) in [4.78, 5) is 25.7. The molecule has 5 nitrogen and oxygen atoms in total. The van der Waals surface area contributed by atoms with E-state index >= 15 is 0 Å². The van der Waals surface area contributed by atoms with E-state index in [-0.39, 0.29) is 11.9 Å². The summed E-state index contributed by atoms with van der Waals surface area (Å²) >= 11 is 1.63. The lowest BCUT2D eigenvalue weighted by Gasteiger charge is -2.15. The second-order valence-corrected chi connectivity index (χ2v) is 15.0. The van der Waals surface area contributed by atoms with Gasteiger partial charge in [-0.3, -0.25) is 9.59 Å². The number of hydrogen-bond donors (Lipinski definition) is 2. The largest absolute Gasteiger partial charge is 0.469 e. The molecule has 0 aliphatic heterocycles. The van der Waals surface area contributed by atoms with E-state index in [0.29, 0.717) is 36.0 Å². The first-order chi connectivity index (χ1) is 14.7. The Bertz CT molecular complexity index is 1040. The molecule has 3 rings (SSSR count). The maximum Gasteiger partial charge on any atom is 0.305 e. The predicted octanol–water partition coefficient (Wildman–Crippen LogP) is 5.60. The van der Waals surface area contributed by atoms with E-state index in [9.17, 15) is 9.59 Å². The average molecular weight is 453 g/mol. The molecule has 31 heavy (non-hydrogen) atoms. The Morgan fingerprint density at radius 1 is 1.06 bits per heavy atom. The van der Waals surface area contributed by atoms with Gasteiger partial charge in [0.1, 0.15) is 0 Å². The Kier molecular flexibility index (Phi) is 7.30. The van der Waals surface area contributed by atoms with Crippen molar-refractivity contribution in [3.63, 3.8) is 0 Å². The number of aryl methyl sites for hydroxylation is 1. The second kappa shape index (κ2) is 9.94. The molecule has 1 heterocycles. The Balaban J connectivity index is 1.58. The molecular formula is C24H28N2O3SSi. The number of anilines is 2. The summed E-state index contributed by atoms with van der Waals surface area (Å²) in [6.45, 7) is 6.49. The first-order valence-corrected chi connectivity index (χ1v) is 14.8. The standard InChI is InChI=1S/C24H28N2O3SSi/c1-31(2,3)16-29-23(27)13-8-17-6-9-18(10-7-17)24(28)26-21-15-19(11-12-20(21)25)22-5-4-14-30-22/h4-7,9-12,14-15H,8,13,16,25H2,1-3H3,(H,26,28). The molecule has 0 bridgehead atoms. The van der Waals surface area contributed by atoms with Gasteiger partial charge < -0.3 is 15.8 Å². The number of carbonyl (C=O) groups excluding carboxylic acids is 2. The van der Waals surface area contributed by atoms with Crippen LogP contribution in [0.5, 0.6) is 0 Å². The summed E-state index contributed by atoms with van der Waals surface area (Å²) in [5.41, 5.74) is 9.69. The number of amides is 1. The number of esters is 1. The van der Waals surface area contributed by atoms with Gasteiger partial charge in [0.05, 0.1) is 25.7 Å². The number of hydrogen-bond acceptors (Lipinski definition) is 5. The smallest absolute Gasteiger partial charge is 0.305 e. The predicted molar refractivity (Wildman–Crippen MR) is 131 cm³/mol. The van der Waals surface area contributed by atoms with Gasteiger partial charge in [-0.1, -0.05) is 43.9 Å². The number of thiophene rings is 1. The Hall–Kier alpha value is -2.90. The first-order valence-electron chi connectivity index (χ1n) is 10.2. The van der Waals surface area contributed by atoms with Crippen molar-refractivity contribution >= 4 is 42.7 Å². The average Bonchev–Trinajstić information content (AvgIpc) is 3.27. The van der Waals surface area contributed by atoms with Gasteiger partial charge in [0.25, 0.3) is 5.91 Å². The fraction of sp³-hybridized carbons (Fsp3) is 0.250. The van der Waals surface area contributed by atoms with Gasteiger partial charge in [0.15, 0.2) is 0 Å². The van der Waals surface area contributed by atoms with Gasteiger partial charge in [-0.15, -0.1) is 11.3 Å². The maximum atomic E-state index is 12.7.